The van der Waals surface area contributed by atoms with Crippen LogP contribution in [0.15, 0.2) is 145 Å². The van der Waals surface area contributed by atoms with E-state index in [2.05, 4.69) is 0 Å². The minimum absolute atomic E-state index is 0.0403. The highest BCUT2D eigenvalue weighted by atomic mass is 16.1. The Morgan fingerprint density at radius 2 is 0.711 bits per heavy atom. The fourth-order valence-electron chi connectivity index (χ4n) is 3.85. The molecule has 4 aromatic carbocycles. The Hall–Kier alpha value is -5.16. The molecule has 0 spiro atoms. The van der Waals surface area contributed by atoms with Crippen LogP contribution in [0.2, 0.25) is 0 Å². The summed E-state index contributed by atoms with van der Waals surface area (Å²) in [5, 5.41) is 0. The molecule has 0 N–H and O–H groups in total. The number of carbonyl (C=O) groups is 4. The molecule has 186 valence electrons. The molecule has 0 aliphatic heterocycles. The van der Waals surface area contributed by atoms with Gasteiger partial charge in [-0.3, -0.25) is 19.2 Å². The third-order valence-electron chi connectivity index (χ3n) is 5.91. The van der Waals surface area contributed by atoms with Gasteiger partial charge < -0.3 is 4.90 Å². The number of allylic oxidation sites excluding steroid dienone is 4. The first-order valence-corrected chi connectivity index (χ1v) is 12.0. The summed E-state index contributed by atoms with van der Waals surface area (Å²) in [6.45, 7) is 0. The van der Waals surface area contributed by atoms with E-state index in [0.717, 1.165) is 0 Å². The average Bonchev–Trinajstić information content (AvgIpc) is 2.99. The van der Waals surface area contributed by atoms with Gasteiger partial charge in [0.05, 0.1) is 11.4 Å². The first-order chi connectivity index (χ1) is 18.5. The number of hydrogen-bond acceptors (Lipinski definition) is 5. The second-order valence-electron chi connectivity index (χ2n) is 8.47. The SMILES string of the molecule is CN(/C(=C\C(=O)c1ccccc1)C(=O)c1ccccc1)/C(=C\C(=O)c1ccccc1)C(=O)c1ccccc1. The van der Waals surface area contributed by atoms with Gasteiger partial charge in [-0.25, -0.2) is 0 Å². The maximum atomic E-state index is 13.7. The van der Waals surface area contributed by atoms with Crippen molar-refractivity contribution in [2.24, 2.45) is 0 Å². The van der Waals surface area contributed by atoms with Crippen molar-refractivity contribution in [3.8, 4) is 0 Å². The fourth-order valence-corrected chi connectivity index (χ4v) is 3.85. The van der Waals surface area contributed by atoms with Gasteiger partial charge in [-0.05, 0) is 0 Å². The van der Waals surface area contributed by atoms with E-state index in [0.29, 0.717) is 22.3 Å². The van der Waals surface area contributed by atoms with Crippen molar-refractivity contribution in [2.75, 3.05) is 7.05 Å². The molecule has 5 heteroatoms. The zero-order valence-corrected chi connectivity index (χ0v) is 20.8. The van der Waals surface area contributed by atoms with Crippen LogP contribution >= 0.6 is 0 Å². The zero-order chi connectivity index (χ0) is 26.9. The van der Waals surface area contributed by atoms with Crippen LogP contribution in [0.4, 0.5) is 0 Å². The van der Waals surface area contributed by atoms with Gasteiger partial charge in [-0.15, -0.1) is 0 Å². The molecule has 0 aliphatic carbocycles. The van der Waals surface area contributed by atoms with E-state index < -0.39 is 23.1 Å². The van der Waals surface area contributed by atoms with Crippen molar-refractivity contribution in [1.82, 2.24) is 4.90 Å². The van der Waals surface area contributed by atoms with Gasteiger partial charge in [0, 0.05) is 41.5 Å². The maximum absolute atomic E-state index is 13.7. The Morgan fingerprint density at radius 3 is 1.00 bits per heavy atom. The standard InChI is InChI=1S/C33H25NO4/c1-34(28(32(37)26-18-10-4-11-19-26)22-30(35)24-14-6-2-7-15-24)29(33(38)27-20-12-5-13-21-27)23-31(36)25-16-8-3-9-17-25/h2-23H,1H3/b28-22-,29-23-. The highest BCUT2D eigenvalue weighted by molar-refractivity contribution is 6.18. The number of benzene rings is 4. The van der Waals surface area contributed by atoms with Gasteiger partial charge in [0.15, 0.2) is 11.6 Å². The Labute approximate surface area is 221 Å². The number of nitrogens with zero attached hydrogens (tertiary/aromatic N) is 1. The van der Waals surface area contributed by atoms with Crippen molar-refractivity contribution >= 4 is 23.1 Å². The summed E-state index contributed by atoms with van der Waals surface area (Å²) in [5.74, 6) is -1.73. The van der Waals surface area contributed by atoms with Crippen LogP contribution in [0.25, 0.3) is 0 Å². The number of carbonyl (C=O) groups excluding carboxylic acids is 4. The Balaban J connectivity index is 1.85. The molecule has 4 aromatic rings. The average molecular weight is 500 g/mol. The third kappa shape index (κ3) is 6.15. The van der Waals surface area contributed by atoms with Crippen LogP contribution in [0.1, 0.15) is 41.4 Å². The molecule has 0 fully saturated rings. The summed E-state index contributed by atoms with van der Waals surface area (Å²) >= 11 is 0. The van der Waals surface area contributed by atoms with E-state index >= 15 is 0 Å². The van der Waals surface area contributed by atoms with Crippen molar-refractivity contribution in [3.63, 3.8) is 0 Å². The van der Waals surface area contributed by atoms with Crippen LogP contribution in [0.5, 0.6) is 0 Å². The van der Waals surface area contributed by atoms with E-state index in [4.69, 9.17) is 0 Å². The molecule has 0 amide bonds. The topological polar surface area (TPSA) is 71.5 Å². The van der Waals surface area contributed by atoms with Crippen molar-refractivity contribution < 1.29 is 19.2 Å². The zero-order valence-electron chi connectivity index (χ0n) is 20.8. The lowest BCUT2D eigenvalue weighted by atomic mass is 10.0. The molecule has 38 heavy (non-hydrogen) atoms. The monoisotopic (exact) mass is 499 g/mol. The normalized spacial score (nSPS) is 11.5. The molecular formula is C33H25NO4. The van der Waals surface area contributed by atoms with Crippen LogP contribution in [-0.4, -0.2) is 35.1 Å². The molecule has 4 rings (SSSR count). The number of rotatable bonds is 10. The molecule has 0 radical (unpaired) electrons. The van der Waals surface area contributed by atoms with E-state index in [1.807, 2.05) is 0 Å². The summed E-state index contributed by atoms with van der Waals surface area (Å²) in [4.78, 5) is 55.0. The number of likely N-dealkylation sites (N-methyl/N-ethyl adjacent to an activating group) is 1. The summed E-state index contributed by atoms with van der Waals surface area (Å²) < 4.78 is 0. The third-order valence-corrected chi connectivity index (χ3v) is 5.91. The molecule has 0 saturated heterocycles. The van der Waals surface area contributed by atoms with E-state index in [9.17, 15) is 19.2 Å². The van der Waals surface area contributed by atoms with Crippen molar-refractivity contribution in [1.29, 1.82) is 0 Å². The summed E-state index contributed by atoms with van der Waals surface area (Å²) in [7, 11) is 1.51. The first-order valence-electron chi connectivity index (χ1n) is 12.0. The van der Waals surface area contributed by atoms with E-state index in [1.165, 1.54) is 24.1 Å². The van der Waals surface area contributed by atoms with Crippen LogP contribution in [0, 0.1) is 0 Å². The molecule has 0 heterocycles. The maximum Gasteiger partial charge on any atom is 0.209 e. The number of ketones is 4. The van der Waals surface area contributed by atoms with Gasteiger partial charge in [0.25, 0.3) is 0 Å². The van der Waals surface area contributed by atoms with Crippen LogP contribution in [-0.2, 0) is 0 Å². The van der Waals surface area contributed by atoms with E-state index in [-0.39, 0.29) is 11.4 Å². The molecule has 5 nitrogen and oxygen atoms in total. The second-order valence-corrected chi connectivity index (χ2v) is 8.47. The largest absolute Gasteiger partial charge is 0.338 e. The van der Waals surface area contributed by atoms with Crippen LogP contribution < -0.4 is 0 Å². The Kier molecular flexibility index (Phi) is 8.32. The van der Waals surface area contributed by atoms with E-state index in [1.54, 1.807) is 121 Å². The summed E-state index contributed by atoms with van der Waals surface area (Å²) in [6.07, 6.45) is 2.42. The predicted octanol–water partition coefficient (Wildman–Crippen LogP) is 6.22. The van der Waals surface area contributed by atoms with Gasteiger partial charge in [-0.2, -0.15) is 0 Å². The highest BCUT2D eigenvalue weighted by Gasteiger charge is 2.26. The lowest BCUT2D eigenvalue weighted by molar-refractivity contribution is 0.0955. The van der Waals surface area contributed by atoms with Gasteiger partial charge in [0.2, 0.25) is 11.6 Å². The molecule has 0 bridgehead atoms. The quantitative estimate of drug-likeness (QED) is 0.191. The van der Waals surface area contributed by atoms with Crippen molar-refractivity contribution in [3.05, 3.63) is 167 Å². The number of hydrogen-bond donors (Lipinski definition) is 0. The van der Waals surface area contributed by atoms with Gasteiger partial charge in [-0.1, -0.05) is 121 Å². The Bertz CT molecular complexity index is 1390. The lowest BCUT2D eigenvalue weighted by Gasteiger charge is -2.24. The van der Waals surface area contributed by atoms with Gasteiger partial charge in [0.1, 0.15) is 0 Å². The predicted molar refractivity (Wildman–Crippen MR) is 147 cm³/mol. The van der Waals surface area contributed by atoms with Crippen molar-refractivity contribution in [2.45, 2.75) is 0 Å². The molecule has 0 atom stereocenters. The summed E-state index contributed by atoms with van der Waals surface area (Å²) in [6, 6.07) is 34.0. The second kappa shape index (κ2) is 12.2. The number of Topliss-reactive ketones (excluding diaryl/α,β-unsaturated/α-hetero) is 2. The lowest BCUT2D eigenvalue weighted by Crippen LogP contribution is -2.29. The molecule has 0 saturated carbocycles. The molecule has 0 aliphatic rings. The minimum atomic E-state index is -0.462. The van der Waals surface area contributed by atoms with Gasteiger partial charge >= 0.3 is 0 Å². The smallest absolute Gasteiger partial charge is 0.209 e. The molecule has 0 aromatic heterocycles. The highest BCUT2D eigenvalue weighted by Crippen LogP contribution is 2.22. The fraction of sp³-hybridized carbons (Fsp3) is 0.0303. The Morgan fingerprint density at radius 1 is 0.447 bits per heavy atom. The first kappa shape index (κ1) is 25.9. The minimum Gasteiger partial charge on any atom is -0.338 e. The molecule has 0 unspecified atom stereocenters. The van der Waals surface area contributed by atoms with Crippen LogP contribution in [0.3, 0.4) is 0 Å². The molecular weight excluding hydrogens is 474 g/mol. The summed E-state index contributed by atoms with van der Waals surface area (Å²) in [5.41, 5.74) is 1.38.